The smallest absolute Gasteiger partial charge is 0.307 e. The predicted octanol–water partition coefficient (Wildman–Crippen LogP) is 2.86. The van der Waals surface area contributed by atoms with E-state index in [1.54, 1.807) is 0 Å². The Hall–Kier alpha value is -1.14. The quantitative estimate of drug-likeness (QED) is 0.882. The van der Waals surface area contributed by atoms with Crippen molar-refractivity contribution in [3.63, 3.8) is 0 Å². The summed E-state index contributed by atoms with van der Waals surface area (Å²) in [6.07, 6.45) is 2.68. The van der Waals surface area contributed by atoms with Gasteiger partial charge in [0.25, 0.3) is 0 Å². The highest BCUT2D eigenvalue weighted by Gasteiger charge is 2.34. The standard InChI is InChI=1S/C14H15BrFNO3/c15-11-5-8(16)4-10(13(11)20-9-1-2-9)12-3-7(6-17-12)14(18)19/h4-5,7,9,12,17H,1-3,6H2,(H,18,19). The Balaban J connectivity index is 1.89. The van der Waals surface area contributed by atoms with Crippen molar-refractivity contribution in [1.82, 2.24) is 5.32 Å². The Kier molecular flexibility index (Phi) is 3.69. The summed E-state index contributed by atoms with van der Waals surface area (Å²) in [7, 11) is 0. The van der Waals surface area contributed by atoms with Crippen molar-refractivity contribution in [2.75, 3.05) is 6.54 Å². The van der Waals surface area contributed by atoms with Gasteiger partial charge in [-0.05, 0) is 47.3 Å². The summed E-state index contributed by atoms with van der Waals surface area (Å²) in [6, 6.07) is 2.63. The molecule has 2 unspecified atom stereocenters. The van der Waals surface area contributed by atoms with Gasteiger partial charge in [0.15, 0.2) is 0 Å². The number of ether oxygens (including phenoxy) is 1. The SMILES string of the molecule is O=C(O)C1CNC(c2cc(F)cc(Br)c2OC2CC2)C1. The summed E-state index contributed by atoms with van der Waals surface area (Å²) in [5.74, 6) is -0.969. The fourth-order valence-corrected chi connectivity index (χ4v) is 3.02. The molecular formula is C14H15BrFNO3. The first-order chi connectivity index (χ1) is 9.54. The molecule has 20 heavy (non-hydrogen) atoms. The molecule has 3 rings (SSSR count). The molecule has 0 amide bonds. The van der Waals surface area contributed by atoms with Gasteiger partial charge in [0.1, 0.15) is 11.6 Å². The van der Waals surface area contributed by atoms with Gasteiger partial charge in [0, 0.05) is 18.2 Å². The monoisotopic (exact) mass is 343 g/mol. The summed E-state index contributed by atoms with van der Waals surface area (Å²) >= 11 is 3.34. The Morgan fingerprint density at radius 3 is 2.80 bits per heavy atom. The normalized spacial score (nSPS) is 25.7. The van der Waals surface area contributed by atoms with Gasteiger partial charge in [-0.1, -0.05) is 0 Å². The van der Waals surface area contributed by atoms with E-state index in [-0.39, 0.29) is 18.0 Å². The van der Waals surface area contributed by atoms with E-state index in [1.807, 2.05) is 0 Å². The number of aliphatic carboxylic acids is 1. The van der Waals surface area contributed by atoms with Gasteiger partial charge in [-0.15, -0.1) is 0 Å². The Labute approximate surface area is 124 Å². The minimum absolute atomic E-state index is 0.183. The number of carboxylic acids is 1. The summed E-state index contributed by atoms with van der Waals surface area (Å²) in [5.41, 5.74) is 0.701. The van der Waals surface area contributed by atoms with E-state index in [4.69, 9.17) is 9.84 Å². The van der Waals surface area contributed by atoms with Crippen LogP contribution >= 0.6 is 15.9 Å². The van der Waals surface area contributed by atoms with Crippen LogP contribution in [0.2, 0.25) is 0 Å². The lowest BCUT2D eigenvalue weighted by Crippen LogP contribution is -2.18. The van der Waals surface area contributed by atoms with Crippen LogP contribution in [0.25, 0.3) is 0 Å². The van der Waals surface area contributed by atoms with Crippen LogP contribution < -0.4 is 10.1 Å². The molecule has 1 aliphatic heterocycles. The molecule has 1 aromatic rings. The molecule has 2 atom stereocenters. The Morgan fingerprint density at radius 2 is 2.20 bits per heavy atom. The number of hydrogen-bond donors (Lipinski definition) is 2. The Bertz CT molecular complexity index is 547. The highest BCUT2D eigenvalue weighted by molar-refractivity contribution is 9.10. The molecule has 2 aliphatic rings. The summed E-state index contributed by atoms with van der Waals surface area (Å²) < 4.78 is 20.1. The molecule has 0 radical (unpaired) electrons. The lowest BCUT2D eigenvalue weighted by atomic mass is 9.99. The number of carboxylic acid groups (broad SMARTS) is 1. The van der Waals surface area contributed by atoms with Crippen molar-refractivity contribution in [2.24, 2.45) is 5.92 Å². The first kappa shape index (κ1) is 13.8. The number of carbonyl (C=O) groups is 1. The number of halogens is 2. The van der Waals surface area contributed by atoms with Gasteiger partial charge in [0.05, 0.1) is 16.5 Å². The molecule has 0 bridgehead atoms. The van der Waals surface area contributed by atoms with E-state index in [9.17, 15) is 9.18 Å². The highest BCUT2D eigenvalue weighted by Crippen LogP contribution is 2.41. The van der Waals surface area contributed by atoms with Crippen molar-refractivity contribution in [3.05, 3.63) is 28.0 Å². The first-order valence-electron chi connectivity index (χ1n) is 6.66. The van der Waals surface area contributed by atoms with Crippen molar-refractivity contribution in [2.45, 2.75) is 31.4 Å². The minimum Gasteiger partial charge on any atom is -0.489 e. The fourth-order valence-electron chi connectivity index (χ4n) is 2.48. The summed E-state index contributed by atoms with van der Waals surface area (Å²) in [4.78, 5) is 11.0. The van der Waals surface area contributed by atoms with Gasteiger partial charge >= 0.3 is 5.97 Å². The van der Waals surface area contributed by atoms with E-state index in [2.05, 4.69) is 21.2 Å². The van der Waals surface area contributed by atoms with Gasteiger partial charge in [-0.2, -0.15) is 0 Å². The van der Waals surface area contributed by atoms with Crippen molar-refractivity contribution < 1.29 is 19.0 Å². The largest absolute Gasteiger partial charge is 0.489 e. The number of rotatable bonds is 4. The molecule has 6 heteroatoms. The average Bonchev–Trinajstić information content (AvgIpc) is 3.05. The molecule has 1 saturated carbocycles. The van der Waals surface area contributed by atoms with Crippen molar-refractivity contribution in [3.8, 4) is 5.75 Å². The number of benzene rings is 1. The van der Waals surface area contributed by atoms with Crippen LogP contribution in [0.1, 0.15) is 30.9 Å². The van der Waals surface area contributed by atoms with Crippen LogP contribution in [0.15, 0.2) is 16.6 Å². The third kappa shape index (κ3) is 2.81. The zero-order valence-corrected chi connectivity index (χ0v) is 12.3. The maximum absolute atomic E-state index is 13.6. The third-order valence-electron chi connectivity index (χ3n) is 3.70. The lowest BCUT2D eigenvalue weighted by molar-refractivity contribution is -0.141. The van der Waals surface area contributed by atoms with Crippen LogP contribution in [0, 0.1) is 11.7 Å². The van der Waals surface area contributed by atoms with E-state index in [0.717, 1.165) is 12.8 Å². The second kappa shape index (κ2) is 5.33. The van der Waals surface area contributed by atoms with Crippen molar-refractivity contribution in [1.29, 1.82) is 0 Å². The van der Waals surface area contributed by atoms with Crippen LogP contribution in [0.5, 0.6) is 5.75 Å². The van der Waals surface area contributed by atoms with Crippen LogP contribution in [-0.2, 0) is 4.79 Å². The molecule has 1 saturated heterocycles. The van der Waals surface area contributed by atoms with E-state index < -0.39 is 11.9 Å². The lowest BCUT2D eigenvalue weighted by Gasteiger charge is -2.18. The molecule has 2 N–H and O–H groups in total. The molecule has 1 aliphatic carbocycles. The summed E-state index contributed by atoms with van der Waals surface area (Å²) in [6.45, 7) is 0.400. The van der Waals surface area contributed by atoms with Crippen LogP contribution in [-0.4, -0.2) is 23.7 Å². The molecule has 0 aromatic heterocycles. The zero-order chi connectivity index (χ0) is 14.3. The number of hydrogen-bond acceptors (Lipinski definition) is 3. The van der Waals surface area contributed by atoms with Gasteiger partial charge < -0.3 is 15.2 Å². The fraction of sp³-hybridized carbons (Fsp3) is 0.500. The van der Waals surface area contributed by atoms with Crippen molar-refractivity contribution >= 4 is 21.9 Å². The highest BCUT2D eigenvalue weighted by atomic mass is 79.9. The molecular weight excluding hydrogens is 329 g/mol. The van der Waals surface area contributed by atoms with Crippen LogP contribution in [0.3, 0.4) is 0 Å². The average molecular weight is 344 g/mol. The molecule has 2 fully saturated rings. The molecule has 4 nitrogen and oxygen atoms in total. The van der Waals surface area contributed by atoms with Gasteiger partial charge in [-0.25, -0.2) is 4.39 Å². The molecule has 108 valence electrons. The number of nitrogens with one attached hydrogen (secondary N) is 1. The third-order valence-corrected chi connectivity index (χ3v) is 4.29. The van der Waals surface area contributed by atoms with Gasteiger partial charge in [0.2, 0.25) is 0 Å². The minimum atomic E-state index is -0.819. The first-order valence-corrected chi connectivity index (χ1v) is 7.45. The molecule has 1 aromatic carbocycles. The second-order valence-electron chi connectivity index (χ2n) is 5.35. The molecule has 1 heterocycles. The topological polar surface area (TPSA) is 58.6 Å². The van der Waals surface area contributed by atoms with E-state index in [0.29, 0.717) is 28.8 Å². The Morgan fingerprint density at radius 1 is 1.45 bits per heavy atom. The van der Waals surface area contributed by atoms with E-state index >= 15 is 0 Å². The van der Waals surface area contributed by atoms with Gasteiger partial charge in [-0.3, -0.25) is 4.79 Å². The maximum atomic E-state index is 13.6. The zero-order valence-electron chi connectivity index (χ0n) is 10.7. The second-order valence-corrected chi connectivity index (χ2v) is 6.21. The molecule has 0 spiro atoms. The predicted molar refractivity (Wildman–Crippen MR) is 74.2 cm³/mol. The maximum Gasteiger partial charge on any atom is 0.307 e. The summed E-state index contributed by atoms with van der Waals surface area (Å²) in [5, 5.41) is 12.2. The van der Waals surface area contributed by atoms with Crippen LogP contribution in [0.4, 0.5) is 4.39 Å². The van der Waals surface area contributed by atoms with E-state index in [1.165, 1.54) is 12.1 Å².